The smallest absolute Gasteiger partial charge is 0.287 e. The fourth-order valence-electron chi connectivity index (χ4n) is 5.24. The van der Waals surface area contributed by atoms with Gasteiger partial charge in [-0.2, -0.15) is 0 Å². The molecule has 3 unspecified atom stereocenters. The van der Waals surface area contributed by atoms with E-state index in [1.54, 1.807) is 40.4 Å². The number of nitrogens with zero attached hydrogens (tertiary/aromatic N) is 3. The highest BCUT2D eigenvalue weighted by molar-refractivity contribution is 6.01. The maximum absolute atomic E-state index is 13.5. The maximum Gasteiger partial charge on any atom is 0.287 e. The third-order valence-corrected chi connectivity index (χ3v) is 6.93. The number of pyridine rings is 1. The number of fused-ring (bicyclic) bond motifs is 2. The van der Waals surface area contributed by atoms with E-state index in [4.69, 9.17) is 4.42 Å². The minimum atomic E-state index is -0.789. The minimum absolute atomic E-state index is 0.0119. The van der Waals surface area contributed by atoms with E-state index in [2.05, 4.69) is 10.3 Å². The molecular weight excluding hydrogens is 460 g/mol. The molecule has 0 spiro atoms. The van der Waals surface area contributed by atoms with Gasteiger partial charge in [0.15, 0.2) is 11.5 Å². The van der Waals surface area contributed by atoms with Crippen LogP contribution in [0.4, 0.5) is 0 Å². The minimum Gasteiger partial charge on any atom is -0.451 e. The molecule has 1 aromatic carbocycles. The summed E-state index contributed by atoms with van der Waals surface area (Å²) in [4.78, 5) is 59.6. The van der Waals surface area contributed by atoms with Crippen molar-refractivity contribution in [1.29, 1.82) is 0 Å². The van der Waals surface area contributed by atoms with Crippen molar-refractivity contribution in [2.24, 2.45) is 0 Å². The van der Waals surface area contributed by atoms with Gasteiger partial charge in [0.1, 0.15) is 17.7 Å². The molecule has 5 rings (SSSR count). The standard InChI is InChI=1S/C27H28N4O5/c1-2-6-19(29-26(34)23-14-18-8-3-4-9-22(18)36-23)27(35)30-12-10-20-25(30)21(32)16-31(20)24(33)13-17-7-5-11-28-15-17/h3-5,7-9,11,14-15,19-20,25H,2,6,10,12-13,16H2,1H3,(H,29,34). The normalized spacial score (nSPS) is 20.0. The number of para-hydroxylation sites is 1. The Labute approximate surface area is 208 Å². The third kappa shape index (κ3) is 4.48. The molecule has 36 heavy (non-hydrogen) atoms. The van der Waals surface area contributed by atoms with Gasteiger partial charge in [-0.15, -0.1) is 0 Å². The Hall–Kier alpha value is -4.01. The van der Waals surface area contributed by atoms with Gasteiger partial charge in [0.2, 0.25) is 11.8 Å². The molecule has 0 aliphatic carbocycles. The topological polar surface area (TPSA) is 113 Å². The number of rotatable bonds is 7. The summed E-state index contributed by atoms with van der Waals surface area (Å²) >= 11 is 0. The lowest BCUT2D eigenvalue weighted by atomic mass is 10.1. The number of Topliss-reactive ketones (excluding diaryl/α,β-unsaturated/α-hetero) is 1. The van der Waals surface area contributed by atoms with Crippen molar-refractivity contribution in [1.82, 2.24) is 20.1 Å². The van der Waals surface area contributed by atoms with Crippen LogP contribution in [0.15, 0.2) is 59.3 Å². The maximum atomic E-state index is 13.5. The van der Waals surface area contributed by atoms with E-state index in [1.165, 1.54) is 0 Å². The van der Waals surface area contributed by atoms with Gasteiger partial charge in [0.25, 0.3) is 5.91 Å². The number of amides is 3. The van der Waals surface area contributed by atoms with E-state index in [-0.39, 0.29) is 42.4 Å². The molecule has 9 nitrogen and oxygen atoms in total. The second-order valence-electron chi connectivity index (χ2n) is 9.32. The molecule has 0 bridgehead atoms. The number of likely N-dealkylation sites (tertiary alicyclic amines) is 2. The highest BCUT2D eigenvalue weighted by Gasteiger charge is 2.52. The Balaban J connectivity index is 1.28. The van der Waals surface area contributed by atoms with Crippen molar-refractivity contribution < 1.29 is 23.6 Å². The van der Waals surface area contributed by atoms with Gasteiger partial charge < -0.3 is 19.5 Å². The number of carbonyl (C=O) groups is 4. The Morgan fingerprint density at radius 3 is 2.75 bits per heavy atom. The number of furan rings is 1. The molecular formula is C27H28N4O5. The van der Waals surface area contributed by atoms with E-state index in [0.717, 1.165) is 10.9 Å². The van der Waals surface area contributed by atoms with Gasteiger partial charge in [-0.1, -0.05) is 37.6 Å². The van der Waals surface area contributed by atoms with Crippen LogP contribution in [0.1, 0.15) is 42.3 Å². The van der Waals surface area contributed by atoms with E-state index in [0.29, 0.717) is 31.4 Å². The van der Waals surface area contributed by atoms with Crippen LogP contribution >= 0.6 is 0 Å². The number of hydrogen-bond donors (Lipinski definition) is 1. The number of hydrogen-bond acceptors (Lipinski definition) is 6. The van der Waals surface area contributed by atoms with Crippen LogP contribution in [0.2, 0.25) is 0 Å². The van der Waals surface area contributed by atoms with Crippen molar-refractivity contribution in [3.05, 3.63) is 66.2 Å². The predicted octanol–water partition coefficient (Wildman–Crippen LogP) is 2.35. The lowest BCUT2D eigenvalue weighted by molar-refractivity contribution is -0.138. The molecule has 3 aromatic rings. The molecule has 0 radical (unpaired) electrons. The quantitative estimate of drug-likeness (QED) is 0.546. The number of benzene rings is 1. The predicted molar refractivity (Wildman–Crippen MR) is 131 cm³/mol. The fourth-order valence-corrected chi connectivity index (χ4v) is 5.24. The zero-order valence-electron chi connectivity index (χ0n) is 20.1. The third-order valence-electron chi connectivity index (χ3n) is 6.93. The van der Waals surface area contributed by atoms with Gasteiger partial charge in [-0.3, -0.25) is 24.2 Å². The summed E-state index contributed by atoms with van der Waals surface area (Å²) < 4.78 is 5.65. The molecule has 2 fully saturated rings. The molecule has 2 saturated heterocycles. The Morgan fingerprint density at radius 2 is 2.00 bits per heavy atom. The fraction of sp³-hybridized carbons (Fsp3) is 0.370. The lowest BCUT2D eigenvalue weighted by Gasteiger charge is -2.28. The molecule has 9 heteroatoms. The molecule has 2 aromatic heterocycles. The molecule has 1 N–H and O–H groups in total. The Morgan fingerprint density at radius 1 is 1.17 bits per heavy atom. The van der Waals surface area contributed by atoms with Gasteiger partial charge in [-0.25, -0.2) is 0 Å². The lowest BCUT2D eigenvalue weighted by Crippen LogP contribution is -2.52. The summed E-state index contributed by atoms with van der Waals surface area (Å²) in [5, 5.41) is 3.61. The molecule has 2 aliphatic rings. The van der Waals surface area contributed by atoms with Crippen LogP contribution in [-0.2, 0) is 20.8 Å². The van der Waals surface area contributed by atoms with Crippen LogP contribution < -0.4 is 5.32 Å². The molecule has 186 valence electrons. The van der Waals surface area contributed by atoms with E-state index in [1.807, 2.05) is 31.2 Å². The number of nitrogens with one attached hydrogen (secondary N) is 1. The molecule has 3 amide bonds. The van der Waals surface area contributed by atoms with Crippen molar-refractivity contribution in [3.63, 3.8) is 0 Å². The summed E-state index contributed by atoms with van der Waals surface area (Å²) in [7, 11) is 0. The van der Waals surface area contributed by atoms with Gasteiger partial charge in [0, 0.05) is 24.3 Å². The van der Waals surface area contributed by atoms with Gasteiger partial charge in [-0.05, 0) is 36.6 Å². The first-order valence-electron chi connectivity index (χ1n) is 12.3. The first-order chi connectivity index (χ1) is 17.5. The van der Waals surface area contributed by atoms with Crippen molar-refractivity contribution >= 4 is 34.5 Å². The number of aromatic nitrogens is 1. The molecule has 3 atom stereocenters. The highest BCUT2D eigenvalue weighted by atomic mass is 16.3. The average Bonchev–Trinajstić information content (AvgIpc) is 3.59. The highest BCUT2D eigenvalue weighted by Crippen LogP contribution is 2.31. The number of carbonyl (C=O) groups excluding carboxylic acids is 4. The summed E-state index contributed by atoms with van der Waals surface area (Å²) in [6.45, 7) is 2.28. The summed E-state index contributed by atoms with van der Waals surface area (Å²) in [5.41, 5.74) is 1.37. The number of ketones is 1. The van der Waals surface area contributed by atoms with Crippen LogP contribution in [-0.4, -0.2) is 69.5 Å². The first kappa shape index (κ1) is 23.7. The van der Waals surface area contributed by atoms with Crippen LogP contribution in [0.25, 0.3) is 11.0 Å². The molecule has 2 aliphatic heterocycles. The Kier molecular flexibility index (Phi) is 6.54. The Bertz CT molecular complexity index is 1270. The molecule has 4 heterocycles. The summed E-state index contributed by atoms with van der Waals surface area (Å²) in [6.07, 6.45) is 5.06. The monoisotopic (exact) mass is 488 g/mol. The van der Waals surface area contributed by atoms with Gasteiger partial charge in [0.05, 0.1) is 19.0 Å². The van der Waals surface area contributed by atoms with Crippen LogP contribution in [0, 0.1) is 0 Å². The largest absolute Gasteiger partial charge is 0.451 e. The van der Waals surface area contributed by atoms with Crippen molar-refractivity contribution in [3.8, 4) is 0 Å². The van der Waals surface area contributed by atoms with Crippen molar-refractivity contribution in [2.75, 3.05) is 13.1 Å². The van der Waals surface area contributed by atoms with Crippen LogP contribution in [0.5, 0.6) is 0 Å². The van der Waals surface area contributed by atoms with Crippen molar-refractivity contribution in [2.45, 2.75) is 50.7 Å². The average molecular weight is 489 g/mol. The second-order valence-corrected chi connectivity index (χ2v) is 9.32. The SMILES string of the molecule is CCCC(NC(=O)c1cc2ccccc2o1)C(=O)N1CCC2C1C(=O)CN2C(=O)Cc1cccnc1. The first-order valence-corrected chi connectivity index (χ1v) is 12.3. The second kappa shape index (κ2) is 9.93. The zero-order chi connectivity index (χ0) is 25.2. The van der Waals surface area contributed by atoms with E-state index >= 15 is 0 Å². The zero-order valence-corrected chi connectivity index (χ0v) is 20.1. The summed E-state index contributed by atoms with van der Waals surface area (Å²) in [6, 6.07) is 10.7. The van der Waals surface area contributed by atoms with Crippen LogP contribution in [0.3, 0.4) is 0 Å². The van der Waals surface area contributed by atoms with E-state index in [9.17, 15) is 19.2 Å². The molecule has 0 saturated carbocycles. The van der Waals surface area contributed by atoms with E-state index < -0.39 is 18.0 Å². The summed E-state index contributed by atoms with van der Waals surface area (Å²) in [5.74, 6) is -0.942. The van der Waals surface area contributed by atoms with Gasteiger partial charge >= 0.3 is 0 Å².